The molecule has 0 aromatic heterocycles. The summed E-state index contributed by atoms with van der Waals surface area (Å²) in [5.74, 6) is -0.0303. The van der Waals surface area contributed by atoms with Crippen LogP contribution in [0.4, 0.5) is 0 Å². The molecule has 2 aromatic carbocycles. The average Bonchev–Trinajstić information content (AvgIpc) is 2.98. The Morgan fingerprint density at radius 1 is 1.14 bits per heavy atom. The summed E-state index contributed by atoms with van der Waals surface area (Å²) < 4.78 is 0.946. The molecule has 0 unspecified atom stereocenters. The summed E-state index contributed by atoms with van der Waals surface area (Å²) in [4.78, 5) is 32.5. The summed E-state index contributed by atoms with van der Waals surface area (Å²) in [6.07, 6.45) is 5.66. The van der Waals surface area contributed by atoms with E-state index in [-0.39, 0.29) is 18.2 Å². The van der Waals surface area contributed by atoms with Gasteiger partial charge in [0, 0.05) is 22.7 Å². The highest BCUT2D eigenvalue weighted by molar-refractivity contribution is 9.10. The zero-order chi connectivity index (χ0) is 19.7. The fourth-order valence-electron chi connectivity index (χ4n) is 3.33. The van der Waals surface area contributed by atoms with Gasteiger partial charge in [-0.05, 0) is 48.4 Å². The number of amidine groups is 1. The molecule has 0 saturated carbocycles. The van der Waals surface area contributed by atoms with Gasteiger partial charge in [-0.15, -0.1) is 0 Å². The van der Waals surface area contributed by atoms with E-state index in [9.17, 15) is 9.59 Å². The molecule has 2 aromatic rings. The Hall–Kier alpha value is -2.99. The molecule has 28 heavy (non-hydrogen) atoms. The minimum atomic E-state index is -1.39. The number of hydrogen-bond acceptors (Lipinski definition) is 3. The van der Waals surface area contributed by atoms with Crippen LogP contribution < -0.4 is 5.32 Å². The van der Waals surface area contributed by atoms with Gasteiger partial charge in [-0.1, -0.05) is 52.3 Å². The van der Waals surface area contributed by atoms with E-state index in [4.69, 9.17) is 4.99 Å². The van der Waals surface area contributed by atoms with Crippen LogP contribution in [0.5, 0.6) is 0 Å². The number of carbonyl (C=O) groups is 2. The van der Waals surface area contributed by atoms with Gasteiger partial charge < -0.3 is 5.32 Å². The Balaban J connectivity index is 1.74. The molecule has 2 amide bonds. The SMILES string of the molecule is CC1=CC=CN2C(=O)[C@@](Cc3ccc(Br)cc3)(NC(=O)c3ccccc3)N=C12. The molecule has 0 bridgehead atoms. The van der Waals surface area contributed by atoms with Gasteiger partial charge in [0.1, 0.15) is 5.84 Å². The van der Waals surface area contributed by atoms with Crippen molar-refractivity contribution in [3.05, 3.63) is 94.1 Å². The van der Waals surface area contributed by atoms with Crippen molar-refractivity contribution in [2.75, 3.05) is 0 Å². The molecule has 0 spiro atoms. The lowest BCUT2D eigenvalue weighted by molar-refractivity contribution is -0.130. The van der Waals surface area contributed by atoms with Crippen LogP contribution in [0.1, 0.15) is 22.8 Å². The quantitative estimate of drug-likeness (QED) is 0.792. The minimum Gasteiger partial charge on any atom is -0.320 e. The van der Waals surface area contributed by atoms with Crippen molar-refractivity contribution in [1.82, 2.24) is 10.2 Å². The van der Waals surface area contributed by atoms with Gasteiger partial charge in [0.2, 0.25) is 5.66 Å². The van der Waals surface area contributed by atoms with Crippen molar-refractivity contribution in [1.29, 1.82) is 0 Å². The number of halogens is 1. The van der Waals surface area contributed by atoms with Crippen LogP contribution >= 0.6 is 15.9 Å². The molecule has 0 saturated heterocycles. The highest BCUT2D eigenvalue weighted by Gasteiger charge is 2.49. The maximum absolute atomic E-state index is 13.4. The van der Waals surface area contributed by atoms with Crippen molar-refractivity contribution in [3.63, 3.8) is 0 Å². The van der Waals surface area contributed by atoms with Gasteiger partial charge in [-0.25, -0.2) is 4.99 Å². The Kier molecular flexibility index (Phi) is 4.73. The van der Waals surface area contributed by atoms with E-state index in [1.807, 2.05) is 43.3 Å². The fraction of sp³-hybridized carbons (Fsp3) is 0.136. The lowest BCUT2D eigenvalue weighted by atomic mass is 9.98. The summed E-state index contributed by atoms with van der Waals surface area (Å²) >= 11 is 3.42. The summed E-state index contributed by atoms with van der Waals surface area (Å²) in [5.41, 5.74) is 0.875. The minimum absolute atomic E-state index is 0.263. The number of fused-ring (bicyclic) bond motifs is 1. The Morgan fingerprint density at radius 3 is 2.54 bits per heavy atom. The van der Waals surface area contributed by atoms with Gasteiger partial charge in [0.25, 0.3) is 11.8 Å². The third-order valence-electron chi connectivity index (χ3n) is 4.76. The number of nitrogens with zero attached hydrogens (tertiary/aromatic N) is 2. The smallest absolute Gasteiger partial charge is 0.281 e. The number of allylic oxidation sites excluding steroid dienone is 2. The number of carbonyl (C=O) groups excluding carboxylic acids is 2. The van der Waals surface area contributed by atoms with Gasteiger partial charge in [0.15, 0.2) is 0 Å². The molecule has 4 rings (SSSR count). The van der Waals surface area contributed by atoms with Gasteiger partial charge in [-0.3, -0.25) is 14.5 Å². The van der Waals surface area contributed by atoms with Crippen LogP contribution in [-0.4, -0.2) is 28.2 Å². The molecule has 0 aliphatic carbocycles. The molecule has 6 heteroatoms. The van der Waals surface area contributed by atoms with Crippen LogP contribution in [0.25, 0.3) is 0 Å². The molecular formula is C22H18BrN3O2. The van der Waals surface area contributed by atoms with E-state index >= 15 is 0 Å². The number of aliphatic imine (C=N–C) groups is 1. The van der Waals surface area contributed by atoms with Crippen molar-refractivity contribution in [3.8, 4) is 0 Å². The first kappa shape index (κ1) is 18.4. The van der Waals surface area contributed by atoms with Crippen molar-refractivity contribution < 1.29 is 9.59 Å². The molecule has 2 aliphatic rings. The molecule has 5 nitrogen and oxygen atoms in total. The third-order valence-corrected chi connectivity index (χ3v) is 5.29. The normalized spacial score (nSPS) is 20.5. The Labute approximate surface area is 171 Å². The molecule has 2 heterocycles. The van der Waals surface area contributed by atoms with Crippen LogP contribution in [0.3, 0.4) is 0 Å². The first-order valence-electron chi connectivity index (χ1n) is 8.89. The zero-order valence-electron chi connectivity index (χ0n) is 15.2. The topological polar surface area (TPSA) is 61.8 Å². The van der Waals surface area contributed by atoms with E-state index in [1.54, 1.807) is 36.5 Å². The predicted octanol–water partition coefficient (Wildman–Crippen LogP) is 3.83. The second-order valence-electron chi connectivity index (χ2n) is 6.79. The first-order chi connectivity index (χ1) is 13.5. The van der Waals surface area contributed by atoms with Gasteiger partial charge in [0.05, 0.1) is 0 Å². The fourth-order valence-corrected chi connectivity index (χ4v) is 3.59. The van der Waals surface area contributed by atoms with E-state index in [0.29, 0.717) is 11.4 Å². The molecule has 0 fully saturated rings. The molecule has 2 aliphatic heterocycles. The number of rotatable bonds is 4. The summed E-state index contributed by atoms with van der Waals surface area (Å²) in [6.45, 7) is 1.90. The molecule has 0 radical (unpaired) electrons. The molecule has 1 N–H and O–H groups in total. The maximum Gasteiger partial charge on any atom is 0.281 e. The number of amides is 2. The van der Waals surface area contributed by atoms with Crippen molar-refractivity contribution >= 4 is 33.6 Å². The second-order valence-corrected chi connectivity index (χ2v) is 7.70. The predicted molar refractivity (Wildman–Crippen MR) is 112 cm³/mol. The second kappa shape index (κ2) is 7.20. The number of hydrogen-bond donors (Lipinski definition) is 1. The molecule has 1 atom stereocenters. The summed E-state index contributed by atoms with van der Waals surface area (Å²) in [6, 6.07) is 16.5. The number of benzene rings is 2. The first-order valence-corrected chi connectivity index (χ1v) is 9.69. The van der Waals surface area contributed by atoms with Crippen LogP contribution in [-0.2, 0) is 11.2 Å². The highest BCUT2D eigenvalue weighted by Crippen LogP contribution is 2.30. The molecular weight excluding hydrogens is 418 g/mol. The Bertz CT molecular complexity index is 1030. The molecule has 140 valence electrons. The highest BCUT2D eigenvalue weighted by atomic mass is 79.9. The van der Waals surface area contributed by atoms with E-state index in [1.165, 1.54) is 4.90 Å². The summed E-state index contributed by atoms with van der Waals surface area (Å²) in [7, 11) is 0. The van der Waals surface area contributed by atoms with E-state index in [2.05, 4.69) is 21.2 Å². The Morgan fingerprint density at radius 2 is 1.86 bits per heavy atom. The maximum atomic E-state index is 13.4. The number of nitrogens with one attached hydrogen (secondary N) is 1. The van der Waals surface area contributed by atoms with E-state index in [0.717, 1.165) is 15.6 Å². The zero-order valence-corrected chi connectivity index (χ0v) is 16.8. The van der Waals surface area contributed by atoms with Crippen molar-refractivity contribution in [2.24, 2.45) is 4.99 Å². The average molecular weight is 436 g/mol. The standard InChI is InChI=1S/C22H18BrN3O2/c1-15-6-5-13-26-19(15)24-22(21(26)28,14-16-9-11-18(23)12-10-16)25-20(27)17-7-3-2-4-8-17/h2-13H,14H2,1H3,(H,25,27)/t22-/m1/s1. The van der Waals surface area contributed by atoms with Gasteiger partial charge in [-0.2, -0.15) is 0 Å². The largest absolute Gasteiger partial charge is 0.320 e. The van der Waals surface area contributed by atoms with Crippen LogP contribution in [0, 0.1) is 0 Å². The third kappa shape index (κ3) is 3.31. The summed E-state index contributed by atoms with van der Waals surface area (Å²) in [5, 5.41) is 2.91. The van der Waals surface area contributed by atoms with Gasteiger partial charge >= 0.3 is 0 Å². The van der Waals surface area contributed by atoms with Crippen LogP contribution in [0.2, 0.25) is 0 Å². The van der Waals surface area contributed by atoms with Crippen LogP contribution in [0.15, 0.2) is 88.0 Å². The lowest BCUT2D eigenvalue weighted by Gasteiger charge is -2.27. The van der Waals surface area contributed by atoms with Crippen molar-refractivity contribution in [2.45, 2.75) is 19.0 Å². The monoisotopic (exact) mass is 435 g/mol. The van der Waals surface area contributed by atoms with E-state index < -0.39 is 5.66 Å². The lowest BCUT2D eigenvalue weighted by Crippen LogP contribution is -2.55.